The number of hydrogen-bond acceptors (Lipinski definition) is 4. The number of fused-ring (bicyclic) bond motifs is 1. The smallest absolute Gasteiger partial charge is 0.423 e. The van der Waals surface area contributed by atoms with E-state index in [-0.39, 0.29) is 10.6 Å². The average molecular weight is 407 g/mol. The Morgan fingerprint density at radius 1 is 1.04 bits per heavy atom. The molecule has 0 radical (unpaired) electrons. The van der Waals surface area contributed by atoms with Crippen LogP contribution in [0.1, 0.15) is 0 Å². The first-order chi connectivity index (χ1) is 12.1. The summed E-state index contributed by atoms with van der Waals surface area (Å²) in [6, 6.07) is 8.13. The van der Waals surface area contributed by atoms with Crippen LogP contribution >= 0.6 is 11.6 Å². The molecule has 3 aromatic rings. The summed E-state index contributed by atoms with van der Waals surface area (Å²) in [5, 5.41) is 0.360. The highest BCUT2D eigenvalue weighted by Crippen LogP contribution is 2.34. The monoisotopic (exact) mass is 406 g/mol. The predicted molar refractivity (Wildman–Crippen MR) is 87.7 cm³/mol. The van der Waals surface area contributed by atoms with Gasteiger partial charge >= 0.3 is 22.2 Å². The minimum absolute atomic E-state index is 0.0374. The van der Waals surface area contributed by atoms with Crippen molar-refractivity contribution in [1.29, 1.82) is 0 Å². The number of hydrogen-bond donors (Lipinski definition) is 0. The van der Waals surface area contributed by atoms with Gasteiger partial charge in [-0.1, -0.05) is 11.6 Å². The van der Waals surface area contributed by atoms with Gasteiger partial charge in [-0.25, -0.2) is 13.4 Å². The van der Waals surface area contributed by atoms with Crippen LogP contribution in [0, 0.1) is 5.82 Å². The van der Waals surface area contributed by atoms with E-state index >= 15 is 0 Å². The molecule has 26 heavy (non-hydrogen) atoms. The van der Waals surface area contributed by atoms with E-state index in [1.165, 1.54) is 12.1 Å². The van der Waals surface area contributed by atoms with Gasteiger partial charge in [0.25, 0.3) is 0 Å². The average Bonchev–Trinajstić information content (AvgIpc) is 2.53. The first-order valence-corrected chi connectivity index (χ1v) is 8.31. The van der Waals surface area contributed by atoms with Gasteiger partial charge in [0.15, 0.2) is 0 Å². The van der Waals surface area contributed by atoms with Crippen LogP contribution < -0.4 is 9.81 Å². The minimum Gasteiger partial charge on any atom is -0.423 e. The molecule has 1 aromatic heterocycles. The van der Waals surface area contributed by atoms with Crippen molar-refractivity contribution in [3.63, 3.8) is 0 Å². The van der Waals surface area contributed by atoms with Gasteiger partial charge in [-0.3, -0.25) is 0 Å². The largest absolute Gasteiger partial charge is 0.508 e. The molecular weight excluding hydrogens is 400 g/mol. The SMILES string of the molecule is O=c1cc(-c2ccc(F)cc2Cl)c2ccc(OS(=O)C(F)(F)F)cc2o1. The van der Waals surface area contributed by atoms with Crippen LogP contribution in [-0.4, -0.2) is 9.72 Å². The van der Waals surface area contributed by atoms with Crippen molar-refractivity contribution in [3.8, 4) is 16.9 Å². The van der Waals surface area contributed by atoms with E-state index in [0.29, 0.717) is 16.5 Å². The molecule has 0 aliphatic rings. The molecule has 3 rings (SSSR count). The van der Waals surface area contributed by atoms with Crippen molar-refractivity contribution in [3.05, 3.63) is 63.7 Å². The van der Waals surface area contributed by atoms with Crippen molar-refractivity contribution >= 4 is 33.7 Å². The molecule has 1 unspecified atom stereocenters. The van der Waals surface area contributed by atoms with E-state index in [1.54, 1.807) is 0 Å². The first kappa shape index (κ1) is 18.4. The second-order valence-electron chi connectivity index (χ2n) is 5.03. The molecule has 2 aromatic carbocycles. The lowest BCUT2D eigenvalue weighted by Gasteiger charge is -2.10. The topological polar surface area (TPSA) is 56.5 Å². The normalized spacial score (nSPS) is 13.0. The van der Waals surface area contributed by atoms with E-state index in [2.05, 4.69) is 4.18 Å². The highest BCUT2D eigenvalue weighted by molar-refractivity contribution is 7.81. The zero-order valence-corrected chi connectivity index (χ0v) is 14.0. The molecule has 4 nitrogen and oxygen atoms in total. The lowest BCUT2D eigenvalue weighted by atomic mass is 10.0. The third kappa shape index (κ3) is 3.73. The molecule has 1 atom stereocenters. The van der Waals surface area contributed by atoms with Crippen molar-refractivity contribution in [2.45, 2.75) is 5.51 Å². The van der Waals surface area contributed by atoms with Crippen LogP contribution in [0.15, 0.2) is 51.7 Å². The van der Waals surface area contributed by atoms with Gasteiger partial charge < -0.3 is 8.60 Å². The van der Waals surface area contributed by atoms with Crippen molar-refractivity contribution in [1.82, 2.24) is 0 Å². The molecule has 0 bridgehead atoms. The summed E-state index contributed by atoms with van der Waals surface area (Å²) in [6.45, 7) is 0. The predicted octanol–water partition coefficient (Wildman–Crippen LogP) is 4.81. The first-order valence-electron chi connectivity index (χ1n) is 6.85. The zero-order chi connectivity index (χ0) is 19.1. The lowest BCUT2D eigenvalue weighted by Crippen LogP contribution is -2.20. The molecular formula is C16H7ClF4O4S. The van der Waals surface area contributed by atoms with Gasteiger partial charge in [0.2, 0.25) is 0 Å². The van der Waals surface area contributed by atoms with Gasteiger partial charge in [0.05, 0.1) is 5.02 Å². The molecule has 136 valence electrons. The molecule has 0 saturated heterocycles. The maximum Gasteiger partial charge on any atom is 0.508 e. The lowest BCUT2D eigenvalue weighted by molar-refractivity contribution is -0.0437. The van der Waals surface area contributed by atoms with E-state index in [9.17, 15) is 26.6 Å². The molecule has 0 aliphatic heterocycles. The zero-order valence-electron chi connectivity index (χ0n) is 12.5. The molecule has 0 fully saturated rings. The van der Waals surface area contributed by atoms with Crippen LogP contribution in [-0.2, 0) is 11.1 Å². The van der Waals surface area contributed by atoms with Crippen LogP contribution in [0.3, 0.4) is 0 Å². The Balaban J connectivity index is 2.12. The summed E-state index contributed by atoms with van der Waals surface area (Å²) in [7, 11) is 0. The van der Waals surface area contributed by atoms with E-state index in [0.717, 1.165) is 30.3 Å². The van der Waals surface area contributed by atoms with Crippen LogP contribution in [0.25, 0.3) is 22.1 Å². The van der Waals surface area contributed by atoms with Crippen LogP contribution in [0.2, 0.25) is 5.02 Å². The Hall–Kier alpha value is -2.39. The summed E-state index contributed by atoms with van der Waals surface area (Å²) >= 11 is 2.44. The number of halogens is 5. The Morgan fingerprint density at radius 2 is 1.77 bits per heavy atom. The summed E-state index contributed by atoms with van der Waals surface area (Å²) in [4.78, 5) is 11.8. The fraction of sp³-hybridized carbons (Fsp3) is 0.0625. The maximum atomic E-state index is 13.2. The third-order valence-corrected chi connectivity index (χ3v) is 4.33. The summed E-state index contributed by atoms with van der Waals surface area (Å²) in [5.41, 5.74) is -5.34. The second kappa shape index (κ2) is 6.73. The fourth-order valence-corrected chi connectivity index (χ4v) is 2.90. The number of alkyl halides is 3. The van der Waals surface area contributed by atoms with Gasteiger partial charge in [-0.2, -0.15) is 13.2 Å². The Kier molecular flexibility index (Phi) is 4.76. The molecule has 1 heterocycles. The van der Waals surface area contributed by atoms with E-state index in [1.807, 2.05) is 0 Å². The van der Waals surface area contributed by atoms with Gasteiger partial charge in [-0.15, -0.1) is 0 Å². The van der Waals surface area contributed by atoms with E-state index in [4.69, 9.17) is 16.0 Å². The third-order valence-electron chi connectivity index (χ3n) is 3.30. The van der Waals surface area contributed by atoms with Crippen molar-refractivity contribution < 1.29 is 30.4 Å². The maximum absolute atomic E-state index is 13.2. The van der Waals surface area contributed by atoms with E-state index < -0.39 is 33.8 Å². The Morgan fingerprint density at radius 3 is 2.42 bits per heavy atom. The fourth-order valence-electron chi connectivity index (χ4n) is 2.26. The van der Waals surface area contributed by atoms with Gasteiger partial charge in [-0.05, 0) is 30.3 Å². The highest BCUT2D eigenvalue weighted by Gasteiger charge is 2.40. The summed E-state index contributed by atoms with van der Waals surface area (Å²) in [5.74, 6) is -0.977. The quantitative estimate of drug-likeness (QED) is 0.462. The molecule has 0 amide bonds. The van der Waals surface area contributed by atoms with Crippen LogP contribution in [0.5, 0.6) is 5.75 Å². The Labute approximate surface area is 150 Å². The summed E-state index contributed by atoms with van der Waals surface area (Å²) < 4.78 is 70.5. The highest BCUT2D eigenvalue weighted by atomic mass is 35.5. The molecule has 0 N–H and O–H groups in total. The van der Waals surface area contributed by atoms with Crippen molar-refractivity contribution in [2.24, 2.45) is 0 Å². The van der Waals surface area contributed by atoms with Crippen LogP contribution in [0.4, 0.5) is 17.6 Å². The number of rotatable bonds is 3. The van der Waals surface area contributed by atoms with Crippen molar-refractivity contribution in [2.75, 3.05) is 0 Å². The van der Waals surface area contributed by atoms with Gasteiger partial charge in [0, 0.05) is 28.6 Å². The molecule has 0 aliphatic carbocycles. The molecule has 0 spiro atoms. The van der Waals surface area contributed by atoms with Gasteiger partial charge in [0.1, 0.15) is 17.1 Å². The second-order valence-corrected chi connectivity index (χ2v) is 6.53. The summed E-state index contributed by atoms with van der Waals surface area (Å²) in [6.07, 6.45) is 0. The molecule has 10 heteroatoms. The minimum atomic E-state index is -5.06. The standard InChI is InChI=1S/C16H7ClF4O4S/c17-13-5-8(18)1-3-10(13)12-7-15(22)24-14-6-9(2-4-11(12)14)25-26(23)16(19,20)21/h1-7H. The number of benzene rings is 2. The Bertz CT molecular complexity index is 1080. The molecule has 0 saturated carbocycles.